The average molecular weight is 361 g/mol. The fraction of sp³-hybridized carbons (Fsp3) is 0.105. The molecule has 1 N–H and O–H groups in total. The number of nitrogens with zero attached hydrogens (tertiary/aromatic N) is 4. The topological polar surface area (TPSA) is 99.0 Å². The maximum Gasteiger partial charge on any atom is 0.357 e. The lowest BCUT2D eigenvalue weighted by Crippen LogP contribution is -2.31. The van der Waals surface area contributed by atoms with E-state index in [-0.39, 0.29) is 23.0 Å². The van der Waals surface area contributed by atoms with Gasteiger partial charge in [0.05, 0.1) is 18.7 Å². The van der Waals surface area contributed by atoms with E-state index in [0.29, 0.717) is 5.56 Å². The standard InChI is InChI=1S/C19H15N5O3/c1-27-18(26)16-14(17(25)13-10-6-3-7-11-13)15(12-8-4-2-5-9-12)20-19-21-22-23-24(16)19/h2-11,15H,1H3,(H,20,21,23)/t15-/m1/s1. The molecule has 0 aliphatic carbocycles. The minimum Gasteiger partial charge on any atom is -0.464 e. The highest BCUT2D eigenvalue weighted by molar-refractivity contribution is 6.24. The molecule has 8 heteroatoms. The molecule has 2 heterocycles. The number of benzene rings is 2. The number of ether oxygens (including phenoxy) is 1. The van der Waals surface area contributed by atoms with Crippen LogP contribution < -0.4 is 5.32 Å². The Balaban J connectivity index is 1.97. The van der Waals surface area contributed by atoms with E-state index >= 15 is 0 Å². The van der Waals surface area contributed by atoms with E-state index in [1.165, 1.54) is 11.8 Å². The molecule has 3 aromatic rings. The van der Waals surface area contributed by atoms with E-state index in [4.69, 9.17) is 4.74 Å². The first kappa shape index (κ1) is 16.6. The number of anilines is 1. The minimum atomic E-state index is -0.690. The molecule has 134 valence electrons. The maximum atomic E-state index is 13.4. The fourth-order valence-corrected chi connectivity index (χ4v) is 3.05. The van der Waals surface area contributed by atoms with Crippen molar-refractivity contribution in [2.45, 2.75) is 6.04 Å². The number of hydrogen-bond donors (Lipinski definition) is 1. The van der Waals surface area contributed by atoms with Crippen molar-refractivity contribution in [2.75, 3.05) is 12.4 Å². The Kier molecular flexibility index (Phi) is 4.21. The molecule has 4 rings (SSSR count). The minimum absolute atomic E-state index is 0.000967. The van der Waals surface area contributed by atoms with Gasteiger partial charge in [-0.25, -0.2) is 4.79 Å². The second kappa shape index (κ2) is 6.83. The summed E-state index contributed by atoms with van der Waals surface area (Å²) in [6.45, 7) is 0. The molecule has 0 unspecified atom stereocenters. The third kappa shape index (κ3) is 2.86. The summed E-state index contributed by atoms with van der Waals surface area (Å²) in [5.74, 6) is -0.738. The summed E-state index contributed by atoms with van der Waals surface area (Å²) in [5.41, 5.74) is 1.47. The van der Waals surface area contributed by atoms with E-state index in [2.05, 4.69) is 20.8 Å². The average Bonchev–Trinajstić information content (AvgIpc) is 3.21. The molecule has 1 aliphatic rings. The van der Waals surface area contributed by atoms with E-state index < -0.39 is 12.0 Å². The largest absolute Gasteiger partial charge is 0.464 e. The molecule has 27 heavy (non-hydrogen) atoms. The Morgan fingerprint density at radius 3 is 2.37 bits per heavy atom. The number of esters is 1. The van der Waals surface area contributed by atoms with Crippen molar-refractivity contribution in [3.8, 4) is 0 Å². The summed E-state index contributed by atoms with van der Waals surface area (Å²) in [6, 6.07) is 17.5. The van der Waals surface area contributed by atoms with E-state index in [0.717, 1.165) is 5.56 Å². The summed E-state index contributed by atoms with van der Waals surface area (Å²) >= 11 is 0. The number of fused-ring (bicyclic) bond motifs is 1. The summed E-state index contributed by atoms with van der Waals surface area (Å²) < 4.78 is 6.12. The Bertz CT molecular complexity index is 1030. The molecule has 1 aromatic heterocycles. The lowest BCUT2D eigenvalue weighted by atomic mass is 9.89. The quantitative estimate of drug-likeness (QED) is 0.561. The molecule has 0 bridgehead atoms. The summed E-state index contributed by atoms with van der Waals surface area (Å²) in [6.07, 6.45) is 0. The maximum absolute atomic E-state index is 13.4. The van der Waals surface area contributed by atoms with Crippen molar-refractivity contribution in [3.63, 3.8) is 0 Å². The first-order valence-corrected chi connectivity index (χ1v) is 8.23. The smallest absolute Gasteiger partial charge is 0.357 e. The highest BCUT2D eigenvalue weighted by atomic mass is 16.5. The number of hydrogen-bond acceptors (Lipinski definition) is 7. The number of rotatable bonds is 4. The van der Waals surface area contributed by atoms with Gasteiger partial charge in [0.15, 0.2) is 11.5 Å². The number of methoxy groups -OCH3 is 1. The third-order valence-electron chi connectivity index (χ3n) is 4.29. The first-order valence-electron chi connectivity index (χ1n) is 8.23. The summed E-state index contributed by atoms with van der Waals surface area (Å²) in [5, 5.41) is 14.5. The van der Waals surface area contributed by atoms with Gasteiger partial charge in [-0.05, 0) is 16.0 Å². The predicted octanol–water partition coefficient (Wildman–Crippen LogP) is 2.11. The molecular weight excluding hydrogens is 346 g/mol. The molecule has 1 aliphatic heterocycles. The fourth-order valence-electron chi connectivity index (χ4n) is 3.05. The molecule has 0 radical (unpaired) electrons. The second-order valence-corrected chi connectivity index (χ2v) is 5.85. The van der Waals surface area contributed by atoms with Gasteiger partial charge < -0.3 is 10.1 Å². The van der Waals surface area contributed by atoms with Crippen LogP contribution in [0, 0.1) is 0 Å². The molecule has 0 saturated carbocycles. The van der Waals surface area contributed by atoms with Crippen LogP contribution in [0.25, 0.3) is 5.70 Å². The van der Waals surface area contributed by atoms with Gasteiger partial charge in [-0.15, -0.1) is 0 Å². The van der Waals surface area contributed by atoms with Crippen LogP contribution in [0.15, 0.2) is 66.2 Å². The van der Waals surface area contributed by atoms with Crippen molar-refractivity contribution in [1.29, 1.82) is 0 Å². The molecule has 0 saturated heterocycles. The number of carbonyl (C=O) groups is 2. The number of tetrazole rings is 1. The normalized spacial score (nSPS) is 15.7. The SMILES string of the molecule is COC(=O)C1=C(C(=O)c2ccccc2)[C@@H](c2ccccc2)Nc2nnnn21. The first-order chi connectivity index (χ1) is 13.2. The molecule has 2 aromatic carbocycles. The van der Waals surface area contributed by atoms with Crippen LogP contribution in [0.2, 0.25) is 0 Å². The van der Waals surface area contributed by atoms with Gasteiger partial charge in [-0.1, -0.05) is 65.8 Å². The summed E-state index contributed by atoms with van der Waals surface area (Å²) in [4.78, 5) is 25.9. The van der Waals surface area contributed by atoms with Crippen molar-refractivity contribution in [3.05, 3.63) is 77.4 Å². The Labute approximate surface area is 154 Å². The lowest BCUT2D eigenvalue weighted by Gasteiger charge is -2.28. The van der Waals surface area contributed by atoms with Crippen LogP contribution in [-0.4, -0.2) is 39.1 Å². The number of carbonyl (C=O) groups excluding carboxylic acids is 2. The highest BCUT2D eigenvalue weighted by Gasteiger charge is 2.38. The zero-order valence-electron chi connectivity index (χ0n) is 14.4. The van der Waals surface area contributed by atoms with Gasteiger partial charge in [0.1, 0.15) is 0 Å². The number of nitrogens with one attached hydrogen (secondary N) is 1. The van der Waals surface area contributed by atoms with Crippen molar-refractivity contribution in [1.82, 2.24) is 20.2 Å². The van der Waals surface area contributed by atoms with Gasteiger partial charge in [0.25, 0.3) is 0 Å². The van der Waals surface area contributed by atoms with Crippen molar-refractivity contribution >= 4 is 23.4 Å². The predicted molar refractivity (Wildman–Crippen MR) is 96.6 cm³/mol. The molecule has 0 amide bonds. The summed E-state index contributed by atoms with van der Waals surface area (Å²) in [7, 11) is 1.25. The van der Waals surface area contributed by atoms with Crippen LogP contribution in [-0.2, 0) is 9.53 Å². The monoisotopic (exact) mass is 361 g/mol. The van der Waals surface area contributed by atoms with Gasteiger partial charge in [-0.3, -0.25) is 4.79 Å². The van der Waals surface area contributed by atoms with Crippen molar-refractivity contribution in [2.24, 2.45) is 0 Å². The van der Waals surface area contributed by atoms with Gasteiger partial charge in [0, 0.05) is 5.56 Å². The third-order valence-corrected chi connectivity index (χ3v) is 4.29. The van der Waals surface area contributed by atoms with Gasteiger partial charge in [0.2, 0.25) is 5.95 Å². The van der Waals surface area contributed by atoms with Crippen LogP contribution in [0.3, 0.4) is 0 Å². The highest BCUT2D eigenvalue weighted by Crippen LogP contribution is 2.36. The van der Waals surface area contributed by atoms with Gasteiger partial charge >= 0.3 is 5.97 Å². The number of Topliss-reactive ketones (excluding diaryl/α,β-unsaturated/α-hetero) is 1. The molecule has 8 nitrogen and oxygen atoms in total. The lowest BCUT2D eigenvalue weighted by molar-refractivity contribution is -0.134. The van der Waals surface area contributed by atoms with Gasteiger partial charge in [-0.2, -0.15) is 4.68 Å². The van der Waals surface area contributed by atoms with Crippen LogP contribution in [0.4, 0.5) is 5.95 Å². The van der Waals surface area contributed by atoms with E-state index in [9.17, 15) is 9.59 Å². The zero-order chi connectivity index (χ0) is 18.8. The van der Waals surface area contributed by atoms with Crippen LogP contribution in [0.5, 0.6) is 0 Å². The Morgan fingerprint density at radius 1 is 1.04 bits per heavy atom. The van der Waals surface area contributed by atoms with E-state index in [1.54, 1.807) is 24.3 Å². The molecule has 0 spiro atoms. The number of aromatic nitrogens is 4. The molecular formula is C19H15N5O3. The van der Waals surface area contributed by atoms with E-state index in [1.807, 2.05) is 36.4 Å². The zero-order valence-corrected chi connectivity index (χ0v) is 14.4. The molecule has 1 atom stereocenters. The van der Waals surface area contributed by atoms with Crippen LogP contribution >= 0.6 is 0 Å². The Hall–Kier alpha value is -3.81. The number of ketones is 1. The van der Waals surface area contributed by atoms with Crippen LogP contribution in [0.1, 0.15) is 22.0 Å². The van der Waals surface area contributed by atoms with Crippen molar-refractivity contribution < 1.29 is 14.3 Å². The Morgan fingerprint density at radius 2 is 1.70 bits per heavy atom. The second-order valence-electron chi connectivity index (χ2n) is 5.85. The molecule has 0 fully saturated rings.